The van der Waals surface area contributed by atoms with Gasteiger partial charge in [-0.05, 0) is 31.7 Å². The maximum Gasteiger partial charge on any atom is 0.330 e. The van der Waals surface area contributed by atoms with Crippen molar-refractivity contribution in [3.63, 3.8) is 0 Å². The molecule has 0 saturated heterocycles. The lowest BCUT2D eigenvalue weighted by Crippen LogP contribution is -2.24. The van der Waals surface area contributed by atoms with Gasteiger partial charge < -0.3 is 10.4 Å². The highest BCUT2D eigenvalue weighted by Gasteiger charge is 2.22. The second-order valence-electron chi connectivity index (χ2n) is 4.52. The zero-order chi connectivity index (χ0) is 11.3. The van der Waals surface area contributed by atoms with E-state index < -0.39 is 5.97 Å². The van der Waals surface area contributed by atoms with Crippen LogP contribution in [0.15, 0.2) is 11.6 Å². The number of carbonyl (C=O) groups is 1. The Labute approximate surface area is 91.6 Å². The van der Waals surface area contributed by atoms with Crippen LogP contribution in [0.2, 0.25) is 0 Å². The minimum atomic E-state index is -0.828. The van der Waals surface area contributed by atoms with Crippen molar-refractivity contribution in [2.24, 2.45) is 11.8 Å². The molecule has 0 heterocycles. The lowest BCUT2D eigenvalue weighted by atomic mass is 9.98. The molecule has 1 aliphatic carbocycles. The first kappa shape index (κ1) is 12.2. The minimum Gasteiger partial charge on any atom is -0.478 e. The predicted octanol–water partition coefficient (Wildman–Crippen LogP) is 2.04. The van der Waals surface area contributed by atoms with Crippen LogP contribution in [0.4, 0.5) is 0 Å². The fourth-order valence-electron chi connectivity index (χ4n) is 2.11. The Morgan fingerprint density at radius 2 is 2.27 bits per heavy atom. The highest BCUT2D eigenvalue weighted by Crippen LogP contribution is 2.30. The van der Waals surface area contributed by atoms with E-state index in [0.29, 0.717) is 12.1 Å². The summed E-state index contributed by atoms with van der Waals surface area (Å²) in [5, 5.41) is 11.9. The molecule has 0 amide bonds. The normalized spacial score (nSPS) is 26.9. The van der Waals surface area contributed by atoms with Crippen molar-refractivity contribution in [1.29, 1.82) is 0 Å². The van der Waals surface area contributed by atoms with Crippen LogP contribution < -0.4 is 5.32 Å². The maximum absolute atomic E-state index is 10.5. The lowest BCUT2D eigenvalue weighted by molar-refractivity contribution is -0.132. The van der Waals surface area contributed by atoms with E-state index in [1.807, 2.05) is 0 Å². The quantitative estimate of drug-likeness (QED) is 0.540. The average Bonchev–Trinajstić information content (AvgIpc) is 2.58. The number of aliphatic carboxylic acids is 1. The summed E-state index contributed by atoms with van der Waals surface area (Å²) in [5.41, 5.74) is 0.418. The first-order valence-electron chi connectivity index (χ1n) is 5.72. The summed E-state index contributed by atoms with van der Waals surface area (Å²) in [6.45, 7) is 5.62. The molecule has 0 aliphatic heterocycles. The third kappa shape index (κ3) is 4.04. The van der Waals surface area contributed by atoms with Gasteiger partial charge in [-0.2, -0.15) is 0 Å². The predicted molar refractivity (Wildman–Crippen MR) is 60.8 cm³/mol. The van der Waals surface area contributed by atoms with Crippen molar-refractivity contribution in [3.05, 3.63) is 11.6 Å². The molecule has 0 spiro atoms. The molecule has 2 unspecified atom stereocenters. The van der Waals surface area contributed by atoms with Crippen LogP contribution in [0.1, 0.15) is 33.1 Å². The fraction of sp³-hybridized carbons (Fsp3) is 0.750. The molecule has 2 N–H and O–H groups in total. The molecule has 0 radical (unpaired) electrons. The third-order valence-corrected chi connectivity index (χ3v) is 3.34. The fourth-order valence-corrected chi connectivity index (χ4v) is 2.11. The minimum absolute atomic E-state index is 0.418. The van der Waals surface area contributed by atoms with Gasteiger partial charge in [0.15, 0.2) is 0 Å². The van der Waals surface area contributed by atoms with E-state index in [2.05, 4.69) is 12.2 Å². The third-order valence-electron chi connectivity index (χ3n) is 3.34. The Morgan fingerprint density at radius 3 is 2.80 bits per heavy atom. The summed E-state index contributed by atoms with van der Waals surface area (Å²) >= 11 is 0. The summed E-state index contributed by atoms with van der Waals surface area (Å²) in [5.74, 6) is 0.775. The first-order chi connectivity index (χ1) is 7.11. The highest BCUT2D eigenvalue weighted by molar-refractivity contribution is 5.85. The summed E-state index contributed by atoms with van der Waals surface area (Å²) in [4.78, 5) is 10.5. The Balaban J connectivity index is 2.16. The molecule has 86 valence electrons. The van der Waals surface area contributed by atoms with Crippen molar-refractivity contribution in [2.45, 2.75) is 33.1 Å². The summed E-state index contributed by atoms with van der Waals surface area (Å²) in [6.07, 6.45) is 5.74. The summed E-state index contributed by atoms with van der Waals surface area (Å²) in [7, 11) is 0. The highest BCUT2D eigenvalue weighted by atomic mass is 16.4. The smallest absolute Gasteiger partial charge is 0.330 e. The molecular formula is C12H21NO2. The Bertz CT molecular complexity index is 248. The van der Waals surface area contributed by atoms with Gasteiger partial charge in [0.25, 0.3) is 0 Å². The first-order valence-corrected chi connectivity index (χ1v) is 5.72. The summed E-state index contributed by atoms with van der Waals surface area (Å²) in [6, 6.07) is 0. The molecule has 0 bridgehead atoms. The van der Waals surface area contributed by atoms with Crippen LogP contribution in [0.3, 0.4) is 0 Å². The number of nitrogens with one attached hydrogen (secondary N) is 1. The van der Waals surface area contributed by atoms with Crippen molar-refractivity contribution in [1.82, 2.24) is 5.32 Å². The molecular weight excluding hydrogens is 190 g/mol. The van der Waals surface area contributed by atoms with E-state index in [0.717, 1.165) is 18.4 Å². The summed E-state index contributed by atoms with van der Waals surface area (Å²) < 4.78 is 0. The molecule has 1 rings (SSSR count). The zero-order valence-corrected chi connectivity index (χ0v) is 9.62. The van der Waals surface area contributed by atoms with E-state index in [1.54, 1.807) is 13.0 Å². The number of hydrogen-bond donors (Lipinski definition) is 2. The molecule has 1 saturated carbocycles. The Morgan fingerprint density at radius 1 is 1.53 bits per heavy atom. The number of carboxylic acids is 1. The average molecular weight is 211 g/mol. The van der Waals surface area contributed by atoms with E-state index in [-0.39, 0.29) is 0 Å². The van der Waals surface area contributed by atoms with Crippen molar-refractivity contribution in [3.8, 4) is 0 Å². The zero-order valence-electron chi connectivity index (χ0n) is 9.62. The second-order valence-corrected chi connectivity index (χ2v) is 4.52. The molecule has 0 aromatic rings. The van der Waals surface area contributed by atoms with Crippen LogP contribution >= 0.6 is 0 Å². The molecule has 2 atom stereocenters. The van der Waals surface area contributed by atoms with Crippen LogP contribution in [-0.2, 0) is 4.79 Å². The van der Waals surface area contributed by atoms with Gasteiger partial charge in [0.2, 0.25) is 0 Å². The SMILES string of the molecule is C/C(=C/CNCC1CCCC1C)C(=O)O. The van der Waals surface area contributed by atoms with Crippen molar-refractivity contribution >= 4 is 5.97 Å². The van der Waals surface area contributed by atoms with Gasteiger partial charge in [0.05, 0.1) is 0 Å². The molecule has 15 heavy (non-hydrogen) atoms. The van der Waals surface area contributed by atoms with Gasteiger partial charge in [0.1, 0.15) is 0 Å². The van der Waals surface area contributed by atoms with Gasteiger partial charge in [-0.25, -0.2) is 4.79 Å². The Hall–Kier alpha value is -0.830. The van der Waals surface area contributed by atoms with Gasteiger partial charge in [-0.3, -0.25) is 0 Å². The topological polar surface area (TPSA) is 49.3 Å². The standard InChI is InChI=1S/C12H21NO2/c1-9-4-3-5-11(9)8-13-7-6-10(2)12(14)15/h6,9,11,13H,3-5,7-8H2,1-2H3,(H,14,15)/b10-6-. The molecule has 0 aromatic heterocycles. The van der Waals surface area contributed by atoms with E-state index in [9.17, 15) is 4.79 Å². The largest absolute Gasteiger partial charge is 0.478 e. The molecule has 0 aromatic carbocycles. The second kappa shape index (κ2) is 5.91. The molecule has 3 heteroatoms. The van der Waals surface area contributed by atoms with Crippen molar-refractivity contribution in [2.75, 3.05) is 13.1 Å². The van der Waals surface area contributed by atoms with Crippen LogP contribution in [-0.4, -0.2) is 24.2 Å². The van der Waals surface area contributed by atoms with Gasteiger partial charge in [-0.15, -0.1) is 0 Å². The van der Waals surface area contributed by atoms with Gasteiger partial charge in [0, 0.05) is 12.1 Å². The lowest BCUT2D eigenvalue weighted by Gasteiger charge is -2.14. The monoisotopic (exact) mass is 211 g/mol. The van der Waals surface area contributed by atoms with E-state index >= 15 is 0 Å². The molecule has 1 fully saturated rings. The van der Waals surface area contributed by atoms with Crippen LogP contribution in [0.25, 0.3) is 0 Å². The Kier molecular flexibility index (Phi) is 4.82. The molecule has 1 aliphatic rings. The van der Waals surface area contributed by atoms with Gasteiger partial charge in [-0.1, -0.05) is 25.8 Å². The van der Waals surface area contributed by atoms with Gasteiger partial charge >= 0.3 is 5.97 Å². The van der Waals surface area contributed by atoms with E-state index in [4.69, 9.17) is 5.11 Å². The van der Waals surface area contributed by atoms with Crippen molar-refractivity contribution < 1.29 is 9.90 Å². The maximum atomic E-state index is 10.5. The number of rotatable bonds is 5. The van der Waals surface area contributed by atoms with Crippen LogP contribution in [0.5, 0.6) is 0 Å². The number of carboxylic acid groups (broad SMARTS) is 1. The van der Waals surface area contributed by atoms with E-state index in [1.165, 1.54) is 19.3 Å². The molecule has 3 nitrogen and oxygen atoms in total. The number of hydrogen-bond acceptors (Lipinski definition) is 2. The van der Waals surface area contributed by atoms with Crippen LogP contribution in [0, 0.1) is 11.8 Å².